The van der Waals surface area contributed by atoms with Crippen LogP contribution in [-0.2, 0) is 13.1 Å². The first-order chi connectivity index (χ1) is 11.6. The van der Waals surface area contributed by atoms with Gasteiger partial charge in [-0.05, 0) is 18.4 Å². The second kappa shape index (κ2) is 10.9. The largest absolute Gasteiger partial charge is 0.481 e. The van der Waals surface area contributed by atoms with Crippen LogP contribution >= 0.6 is 24.0 Å². The summed E-state index contributed by atoms with van der Waals surface area (Å²) < 4.78 is 10.4. The Morgan fingerprint density at radius 2 is 2.12 bits per heavy atom. The molecule has 0 fully saturated rings. The van der Waals surface area contributed by atoms with Gasteiger partial charge in [-0.25, -0.2) is 9.98 Å². The molecular formula is C17H26IN5O2. The molecule has 2 aromatic rings. The van der Waals surface area contributed by atoms with E-state index in [1.54, 1.807) is 13.3 Å². The summed E-state index contributed by atoms with van der Waals surface area (Å²) in [5.41, 5.74) is 1.97. The quantitative estimate of drug-likeness (QED) is 0.376. The summed E-state index contributed by atoms with van der Waals surface area (Å²) in [6, 6.07) is 5.74. The van der Waals surface area contributed by atoms with E-state index >= 15 is 0 Å². The number of pyridine rings is 1. The number of methoxy groups -OCH3 is 1. The van der Waals surface area contributed by atoms with E-state index in [0.29, 0.717) is 24.9 Å². The highest BCUT2D eigenvalue weighted by atomic mass is 127. The normalized spacial score (nSPS) is 11.2. The fraction of sp³-hybridized carbons (Fsp3) is 0.471. The molecule has 138 valence electrons. The maximum absolute atomic E-state index is 5.32. The predicted molar refractivity (Wildman–Crippen MR) is 108 cm³/mol. The highest BCUT2D eigenvalue weighted by Crippen LogP contribution is 2.13. The van der Waals surface area contributed by atoms with Gasteiger partial charge in [0, 0.05) is 24.9 Å². The van der Waals surface area contributed by atoms with Crippen molar-refractivity contribution in [1.29, 1.82) is 0 Å². The Kier molecular flexibility index (Phi) is 9.25. The molecule has 7 nitrogen and oxygen atoms in total. The smallest absolute Gasteiger partial charge is 0.212 e. The first-order valence-electron chi connectivity index (χ1n) is 8.09. The number of guanidine groups is 1. The van der Waals surface area contributed by atoms with Crippen molar-refractivity contribution in [3.05, 3.63) is 41.4 Å². The second-order valence-electron chi connectivity index (χ2n) is 5.63. The van der Waals surface area contributed by atoms with Gasteiger partial charge < -0.3 is 19.9 Å². The SMILES string of the molecule is CCNC(=NCc1ccc(OC)nc1)NCc1cc(C(C)C)no1.I. The first kappa shape index (κ1) is 21.2. The molecule has 0 unspecified atom stereocenters. The standard InChI is InChI=1S/C17H25N5O2.HI/c1-5-18-17(20-10-13-6-7-16(23-4)19-9-13)21-11-14-8-15(12(2)3)22-24-14;/h6-9,12H,5,10-11H2,1-4H3,(H2,18,20,21);1H. The lowest BCUT2D eigenvalue weighted by atomic mass is 10.1. The second-order valence-corrected chi connectivity index (χ2v) is 5.63. The van der Waals surface area contributed by atoms with E-state index in [-0.39, 0.29) is 24.0 Å². The van der Waals surface area contributed by atoms with E-state index < -0.39 is 0 Å². The molecule has 0 atom stereocenters. The molecule has 0 saturated carbocycles. The van der Waals surface area contributed by atoms with Crippen LogP contribution in [0.5, 0.6) is 5.88 Å². The monoisotopic (exact) mass is 459 g/mol. The molecule has 0 aromatic carbocycles. The number of aliphatic imine (C=N–C) groups is 1. The number of hydrogen-bond donors (Lipinski definition) is 2. The van der Waals surface area contributed by atoms with Gasteiger partial charge in [0.1, 0.15) is 0 Å². The molecule has 0 aliphatic heterocycles. The minimum atomic E-state index is 0. The summed E-state index contributed by atoms with van der Waals surface area (Å²) in [4.78, 5) is 8.73. The van der Waals surface area contributed by atoms with Gasteiger partial charge >= 0.3 is 0 Å². The summed E-state index contributed by atoms with van der Waals surface area (Å²) in [5, 5.41) is 10.5. The number of hydrogen-bond acceptors (Lipinski definition) is 5. The highest BCUT2D eigenvalue weighted by Gasteiger charge is 2.08. The minimum absolute atomic E-state index is 0. The summed E-state index contributed by atoms with van der Waals surface area (Å²) in [5.74, 6) is 2.46. The van der Waals surface area contributed by atoms with Crippen LogP contribution in [0.15, 0.2) is 33.9 Å². The number of aromatic nitrogens is 2. The Hall–Kier alpha value is -1.84. The molecule has 2 rings (SSSR count). The van der Waals surface area contributed by atoms with E-state index in [9.17, 15) is 0 Å². The van der Waals surface area contributed by atoms with Crippen LogP contribution in [0.3, 0.4) is 0 Å². The average Bonchev–Trinajstić information content (AvgIpc) is 3.07. The minimum Gasteiger partial charge on any atom is -0.481 e. The molecular weight excluding hydrogens is 433 g/mol. The average molecular weight is 459 g/mol. The van der Waals surface area contributed by atoms with Crippen molar-refractivity contribution in [1.82, 2.24) is 20.8 Å². The number of halogens is 1. The van der Waals surface area contributed by atoms with Crippen LogP contribution in [0.2, 0.25) is 0 Å². The summed E-state index contributed by atoms with van der Waals surface area (Å²) in [6.07, 6.45) is 1.76. The molecule has 0 aliphatic carbocycles. The summed E-state index contributed by atoms with van der Waals surface area (Å²) in [6.45, 7) is 8.04. The lowest BCUT2D eigenvalue weighted by molar-refractivity contribution is 0.372. The zero-order chi connectivity index (χ0) is 17.4. The molecule has 0 spiro atoms. The van der Waals surface area contributed by atoms with E-state index in [2.05, 4.69) is 39.6 Å². The zero-order valence-corrected chi connectivity index (χ0v) is 17.4. The number of rotatable bonds is 7. The lowest BCUT2D eigenvalue weighted by Crippen LogP contribution is -2.36. The van der Waals surface area contributed by atoms with Gasteiger partial charge in [0.15, 0.2) is 11.7 Å². The third-order valence-electron chi connectivity index (χ3n) is 3.37. The molecule has 2 heterocycles. The Morgan fingerprint density at radius 3 is 2.68 bits per heavy atom. The molecule has 0 aliphatic rings. The third-order valence-corrected chi connectivity index (χ3v) is 3.37. The number of nitrogens with zero attached hydrogens (tertiary/aromatic N) is 3. The van der Waals surface area contributed by atoms with Crippen molar-refractivity contribution in [3.8, 4) is 5.88 Å². The molecule has 2 aromatic heterocycles. The molecule has 0 amide bonds. The molecule has 0 saturated heterocycles. The van der Waals surface area contributed by atoms with Crippen LogP contribution < -0.4 is 15.4 Å². The van der Waals surface area contributed by atoms with Gasteiger partial charge in [0.05, 0.1) is 25.9 Å². The van der Waals surface area contributed by atoms with Crippen LogP contribution in [0, 0.1) is 0 Å². The van der Waals surface area contributed by atoms with E-state index in [4.69, 9.17) is 9.26 Å². The molecule has 8 heteroatoms. The zero-order valence-electron chi connectivity index (χ0n) is 15.1. The van der Waals surface area contributed by atoms with E-state index in [1.807, 2.05) is 25.1 Å². The topological polar surface area (TPSA) is 84.6 Å². The van der Waals surface area contributed by atoms with Gasteiger partial charge in [-0.15, -0.1) is 24.0 Å². The fourth-order valence-corrected chi connectivity index (χ4v) is 1.99. The van der Waals surface area contributed by atoms with Crippen LogP contribution in [0.4, 0.5) is 0 Å². The van der Waals surface area contributed by atoms with Crippen LogP contribution in [0.1, 0.15) is 43.7 Å². The van der Waals surface area contributed by atoms with Gasteiger partial charge in [-0.1, -0.05) is 25.1 Å². The fourth-order valence-electron chi connectivity index (χ4n) is 1.99. The highest BCUT2D eigenvalue weighted by molar-refractivity contribution is 14.0. The Labute approximate surface area is 165 Å². The van der Waals surface area contributed by atoms with Crippen molar-refractivity contribution in [2.45, 2.75) is 39.8 Å². The van der Waals surface area contributed by atoms with Crippen molar-refractivity contribution in [2.75, 3.05) is 13.7 Å². The lowest BCUT2D eigenvalue weighted by Gasteiger charge is -2.09. The van der Waals surface area contributed by atoms with Crippen molar-refractivity contribution in [2.24, 2.45) is 4.99 Å². The summed E-state index contributed by atoms with van der Waals surface area (Å²) in [7, 11) is 1.60. The Balaban J connectivity index is 0.00000312. The molecule has 0 radical (unpaired) electrons. The van der Waals surface area contributed by atoms with E-state index in [0.717, 1.165) is 29.5 Å². The Bertz CT molecular complexity index is 655. The Morgan fingerprint density at radius 1 is 1.32 bits per heavy atom. The molecule has 0 bridgehead atoms. The predicted octanol–water partition coefficient (Wildman–Crippen LogP) is 3.07. The van der Waals surface area contributed by atoms with Gasteiger partial charge in [0.2, 0.25) is 5.88 Å². The number of ether oxygens (including phenoxy) is 1. The third kappa shape index (κ3) is 6.89. The molecule has 25 heavy (non-hydrogen) atoms. The molecule has 2 N–H and O–H groups in total. The van der Waals surface area contributed by atoms with Crippen LogP contribution in [0.25, 0.3) is 0 Å². The van der Waals surface area contributed by atoms with Crippen molar-refractivity contribution >= 4 is 29.9 Å². The van der Waals surface area contributed by atoms with Gasteiger partial charge in [-0.3, -0.25) is 0 Å². The first-order valence-corrected chi connectivity index (χ1v) is 8.09. The summed E-state index contributed by atoms with van der Waals surface area (Å²) >= 11 is 0. The van der Waals surface area contributed by atoms with Gasteiger partial charge in [0.25, 0.3) is 0 Å². The van der Waals surface area contributed by atoms with Gasteiger partial charge in [-0.2, -0.15) is 0 Å². The maximum Gasteiger partial charge on any atom is 0.212 e. The van der Waals surface area contributed by atoms with E-state index in [1.165, 1.54) is 0 Å². The van der Waals surface area contributed by atoms with Crippen molar-refractivity contribution < 1.29 is 9.26 Å². The number of nitrogens with one attached hydrogen (secondary N) is 2. The van der Waals surface area contributed by atoms with Crippen LogP contribution in [-0.4, -0.2) is 29.8 Å². The maximum atomic E-state index is 5.32. The van der Waals surface area contributed by atoms with Crippen molar-refractivity contribution in [3.63, 3.8) is 0 Å².